The number of carbonyl (C=O) groups excluding carboxylic acids is 1. The average Bonchev–Trinajstić information content (AvgIpc) is 2.67. The topological polar surface area (TPSA) is 88.2 Å². The molecule has 0 bridgehead atoms. The second kappa shape index (κ2) is 7.96. The number of nitrogens with one attached hydrogen (secondary N) is 2. The van der Waals surface area contributed by atoms with Gasteiger partial charge in [-0.05, 0) is 48.5 Å². The number of anilines is 1. The van der Waals surface area contributed by atoms with Gasteiger partial charge >= 0.3 is 0 Å². The Morgan fingerprint density at radius 1 is 1.00 bits per heavy atom. The minimum absolute atomic E-state index is 0.0972. The fourth-order valence-electron chi connectivity index (χ4n) is 2.35. The zero-order chi connectivity index (χ0) is 19.3. The highest BCUT2D eigenvalue weighted by molar-refractivity contribution is 7.92. The number of carbonyl (C=O) groups is 1. The van der Waals surface area contributed by atoms with Gasteiger partial charge in [-0.25, -0.2) is 12.8 Å². The molecule has 0 saturated heterocycles. The lowest BCUT2D eigenvalue weighted by molar-refractivity contribution is 0.0950. The first kappa shape index (κ1) is 18.5. The molecule has 0 aliphatic rings. The predicted molar refractivity (Wildman–Crippen MR) is 99.1 cm³/mol. The molecule has 2 aromatic carbocycles. The fourth-order valence-corrected chi connectivity index (χ4v) is 3.44. The summed E-state index contributed by atoms with van der Waals surface area (Å²) in [7, 11) is -3.96. The van der Waals surface area contributed by atoms with Gasteiger partial charge in [-0.2, -0.15) is 0 Å². The molecule has 6 nitrogen and oxygen atoms in total. The van der Waals surface area contributed by atoms with E-state index in [4.69, 9.17) is 0 Å². The van der Waals surface area contributed by atoms with Crippen molar-refractivity contribution in [1.29, 1.82) is 0 Å². The fraction of sp³-hybridized carbons (Fsp3) is 0.0526. The van der Waals surface area contributed by atoms with Crippen LogP contribution < -0.4 is 10.0 Å². The Morgan fingerprint density at radius 3 is 2.56 bits per heavy atom. The molecule has 1 heterocycles. The summed E-state index contributed by atoms with van der Waals surface area (Å²) >= 11 is 0. The van der Waals surface area contributed by atoms with Crippen LogP contribution >= 0.6 is 0 Å². The summed E-state index contributed by atoms with van der Waals surface area (Å²) in [5.74, 6) is -0.985. The quantitative estimate of drug-likeness (QED) is 0.683. The van der Waals surface area contributed by atoms with E-state index in [9.17, 15) is 17.6 Å². The Kier molecular flexibility index (Phi) is 5.46. The van der Waals surface area contributed by atoms with Crippen LogP contribution in [-0.2, 0) is 16.6 Å². The Hall–Kier alpha value is -3.26. The minimum atomic E-state index is -3.96. The highest BCUT2D eigenvalue weighted by atomic mass is 32.2. The lowest BCUT2D eigenvalue weighted by Crippen LogP contribution is -2.23. The number of amides is 1. The minimum Gasteiger partial charge on any atom is -0.346 e. The maximum Gasteiger partial charge on any atom is 0.261 e. The van der Waals surface area contributed by atoms with Gasteiger partial charge in [0.15, 0.2) is 0 Å². The van der Waals surface area contributed by atoms with Gasteiger partial charge in [0, 0.05) is 11.8 Å². The van der Waals surface area contributed by atoms with Crippen molar-refractivity contribution in [3.63, 3.8) is 0 Å². The first-order valence-corrected chi connectivity index (χ1v) is 9.49. The number of nitrogens with zero attached hydrogens (tertiary/aromatic N) is 1. The molecule has 1 aromatic heterocycles. The van der Waals surface area contributed by atoms with Gasteiger partial charge in [-0.15, -0.1) is 0 Å². The van der Waals surface area contributed by atoms with Crippen molar-refractivity contribution in [2.24, 2.45) is 0 Å². The Labute approximate surface area is 156 Å². The molecular weight excluding hydrogens is 369 g/mol. The number of sulfonamides is 1. The summed E-state index contributed by atoms with van der Waals surface area (Å²) in [6.07, 6.45) is 1.62. The smallest absolute Gasteiger partial charge is 0.261 e. The van der Waals surface area contributed by atoms with Gasteiger partial charge < -0.3 is 5.32 Å². The van der Waals surface area contributed by atoms with Crippen molar-refractivity contribution in [3.05, 3.63) is 90.0 Å². The largest absolute Gasteiger partial charge is 0.346 e. The number of benzene rings is 2. The Bertz CT molecular complexity index is 1060. The van der Waals surface area contributed by atoms with Crippen molar-refractivity contribution in [1.82, 2.24) is 10.3 Å². The predicted octanol–water partition coefficient (Wildman–Crippen LogP) is 2.95. The number of halogens is 1. The number of hydrogen-bond acceptors (Lipinski definition) is 4. The van der Waals surface area contributed by atoms with Gasteiger partial charge in [-0.3, -0.25) is 14.5 Å². The molecular formula is C19H16FN3O3S. The zero-order valence-electron chi connectivity index (χ0n) is 14.1. The zero-order valence-corrected chi connectivity index (χ0v) is 14.9. The molecule has 138 valence electrons. The van der Waals surface area contributed by atoms with Crippen molar-refractivity contribution < 1.29 is 17.6 Å². The molecule has 0 aliphatic heterocycles. The van der Waals surface area contributed by atoms with Crippen LogP contribution in [0.4, 0.5) is 10.1 Å². The normalized spacial score (nSPS) is 11.0. The summed E-state index contributed by atoms with van der Waals surface area (Å²) in [4.78, 5) is 16.3. The summed E-state index contributed by atoms with van der Waals surface area (Å²) in [6.45, 7) is 0.220. The summed E-state index contributed by atoms with van der Waals surface area (Å²) in [5, 5.41) is 2.68. The lowest BCUT2D eigenvalue weighted by atomic mass is 10.2. The molecule has 0 spiro atoms. The van der Waals surface area contributed by atoms with Gasteiger partial charge in [0.05, 0.1) is 22.8 Å². The highest BCUT2D eigenvalue weighted by Crippen LogP contribution is 2.18. The number of pyridine rings is 1. The van der Waals surface area contributed by atoms with Gasteiger partial charge in [-0.1, -0.05) is 18.2 Å². The second-order valence-corrected chi connectivity index (χ2v) is 7.33. The maximum absolute atomic E-state index is 13.2. The molecule has 1 amide bonds. The van der Waals surface area contributed by atoms with E-state index in [1.807, 2.05) is 0 Å². The monoisotopic (exact) mass is 385 g/mol. The van der Waals surface area contributed by atoms with E-state index < -0.39 is 21.7 Å². The third kappa shape index (κ3) is 4.89. The van der Waals surface area contributed by atoms with Crippen LogP contribution in [0, 0.1) is 5.82 Å². The van der Waals surface area contributed by atoms with Gasteiger partial charge in [0.25, 0.3) is 15.9 Å². The van der Waals surface area contributed by atoms with E-state index in [-0.39, 0.29) is 22.7 Å². The molecule has 3 aromatic rings. The molecule has 0 radical (unpaired) electrons. The van der Waals surface area contributed by atoms with E-state index in [0.29, 0.717) is 5.69 Å². The summed E-state index contributed by atoms with van der Waals surface area (Å²) < 4.78 is 40.5. The summed E-state index contributed by atoms with van der Waals surface area (Å²) in [5.41, 5.74) is 0.968. The van der Waals surface area contributed by atoms with Crippen molar-refractivity contribution >= 4 is 21.6 Å². The molecule has 0 saturated carbocycles. The maximum atomic E-state index is 13.2. The third-order valence-corrected chi connectivity index (χ3v) is 5.02. The molecule has 0 fully saturated rings. The number of aromatic nitrogens is 1. The second-order valence-electron chi connectivity index (χ2n) is 5.65. The number of hydrogen-bond donors (Lipinski definition) is 2. The van der Waals surface area contributed by atoms with Crippen LogP contribution in [0.15, 0.2) is 77.8 Å². The van der Waals surface area contributed by atoms with E-state index in [0.717, 1.165) is 6.07 Å². The molecule has 27 heavy (non-hydrogen) atoms. The van der Waals surface area contributed by atoms with E-state index in [2.05, 4.69) is 15.0 Å². The van der Waals surface area contributed by atoms with Crippen LogP contribution in [-0.4, -0.2) is 19.3 Å². The number of rotatable bonds is 6. The lowest BCUT2D eigenvalue weighted by Gasteiger charge is -2.10. The first-order valence-electron chi connectivity index (χ1n) is 8.01. The van der Waals surface area contributed by atoms with E-state index in [1.165, 1.54) is 42.5 Å². The molecule has 2 N–H and O–H groups in total. The van der Waals surface area contributed by atoms with Crippen LogP contribution in [0.25, 0.3) is 0 Å². The average molecular weight is 385 g/mol. The van der Waals surface area contributed by atoms with Crippen LogP contribution in [0.2, 0.25) is 0 Å². The van der Waals surface area contributed by atoms with Crippen LogP contribution in [0.5, 0.6) is 0 Å². The SMILES string of the molecule is O=C(NCc1ccccn1)c1cccc(S(=O)(=O)Nc2cccc(F)c2)c1. The van der Waals surface area contributed by atoms with Crippen molar-refractivity contribution in [2.75, 3.05) is 4.72 Å². The standard InChI is InChI=1S/C19H16FN3O3S/c20-15-6-4-8-16(12-15)23-27(25,26)18-9-3-5-14(11-18)19(24)22-13-17-7-1-2-10-21-17/h1-12,23H,13H2,(H,22,24). The van der Waals surface area contributed by atoms with E-state index >= 15 is 0 Å². The van der Waals surface area contributed by atoms with Crippen molar-refractivity contribution in [2.45, 2.75) is 11.4 Å². The Morgan fingerprint density at radius 2 is 1.81 bits per heavy atom. The molecule has 0 unspecified atom stereocenters. The van der Waals surface area contributed by atoms with Crippen LogP contribution in [0.3, 0.4) is 0 Å². The molecule has 8 heteroatoms. The third-order valence-electron chi connectivity index (χ3n) is 3.64. The molecule has 0 atom stereocenters. The van der Waals surface area contributed by atoms with Gasteiger partial charge in [0.2, 0.25) is 0 Å². The van der Waals surface area contributed by atoms with E-state index in [1.54, 1.807) is 24.4 Å². The molecule has 3 rings (SSSR count). The summed E-state index contributed by atoms with van der Waals surface area (Å²) in [6, 6.07) is 16.1. The van der Waals surface area contributed by atoms with Gasteiger partial charge in [0.1, 0.15) is 5.82 Å². The molecule has 0 aliphatic carbocycles. The highest BCUT2D eigenvalue weighted by Gasteiger charge is 2.17. The van der Waals surface area contributed by atoms with Crippen LogP contribution in [0.1, 0.15) is 16.1 Å². The first-order chi connectivity index (χ1) is 12.9. The van der Waals surface area contributed by atoms with Crippen molar-refractivity contribution in [3.8, 4) is 0 Å². The Balaban J connectivity index is 1.75.